The van der Waals surface area contributed by atoms with Crippen LogP contribution in [0.15, 0.2) is 65.1 Å². The van der Waals surface area contributed by atoms with Crippen molar-refractivity contribution in [2.45, 2.75) is 26.3 Å². The highest BCUT2D eigenvalue weighted by Crippen LogP contribution is 2.21. The van der Waals surface area contributed by atoms with Crippen molar-refractivity contribution in [3.8, 4) is 11.5 Å². The van der Waals surface area contributed by atoms with Crippen LogP contribution in [0.3, 0.4) is 0 Å². The Morgan fingerprint density at radius 1 is 1.03 bits per heavy atom. The number of benzene rings is 2. The third kappa shape index (κ3) is 5.41. The fraction of sp³-hybridized carbons (Fsp3) is 0.217. The van der Waals surface area contributed by atoms with E-state index in [0.29, 0.717) is 18.1 Å². The number of ketones is 1. The highest BCUT2D eigenvalue weighted by atomic mass is 16.5. The normalized spacial score (nSPS) is 11.5. The van der Waals surface area contributed by atoms with Crippen LogP contribution in [0.4, 0.5) is 0 Å². The number of nitrogens with one attached hydrogen (secondary N) is 1. The molecule has 0 unspecified atom stereocenters. The first-order chi connectivity index (χ1) is 14.4. The van der Waals surface area contributed by atoms with E-state index in [0.717, 1.165) is 11.1 Å². The van der Waals surface area contributed by atoms with E-state index in [1.165, 1.54) is 6.92 Å². The van der Waals surface area contributed by atoms with Gasteiger partial charge in [0.2, 0.25) is 5.89 Å². The lowest BCUT2D eigenvalue weighted by Crippen LogP contribution is -2.43. The zero-order valence-electron chi connectivity index (χ0n) is 16.8. The molecule has 1 amide bonds. The van der Waals surface area contributed by atoms with Crippen molar-refractivity contribution in [3.63, 3.8) is 0 Å². The molecule has 0 fully saturated rings. The molecule has 7 heteroatoms. The zero-order chi connectivity index (χ0) is 21.5. The number of amides is 1. The molecular formula is C23H22N2O5. The number of carbonyl (C=O) groups is 3. The Bertz CT molecular complexity index is 1030. The summed E-state index contributed by atoms with van der Waals surface area (Å²) >= 11 is 0. The van der Waals surface area contributed by atoms with Gasteiger partial charge in [0.15, 0.2) is 18.1 Å². The minimum absolute atomic E-state index is 0.00839. The Morgan fingerprint density at radius 3 is 2.30 bits per heavy atom. The SMILES string of the molecule is CC(=O)[C@H](Cc1ccccc1)NC(=O)COC(=O)c1nc(-c2ccccc2)oc1C. The molecule has 1 N–H and O–H groups in total. The van der Waals surface area contributed by atoms with E-state index in [4.69, 9.17) is 9.15 Å². The molecule has 154 valence electrons. The van der Waals surface area contributed by atoms with Gasteiger partial charge in [0.1, 0.15) is 5.76 Å². The van der Waals surface area contributed by atoms with Crippen molar-refractivity contribution in [1.29, 1.82) is 0 Å². The summed E-state index contributed by atoms with van der Waals surface area (Å²) in [6.07, 6.45) is 0.360. The van der Waals surface area contributed by atoms with Crippen LogP contribution in [0.2, 0.25) is 0 Å². The molecule has 3 aromatic rings. The predicted molar refractivity (Wildman–Crippen MR) is 110 cm³/mol. The lowest BCUT2D eigenvalue weighted by Gasteiger charge is -2.16. The van der Waals surface area contributed by atoms with Gasteiger partial charge in [0, 0.05) is 5.56 Å². The van der Waals surface area contributed by atoms with Crippen molar-refractivity contribution in [1.82, 2.24) is 10.3 Å². The van der Waals surface area contributed by atoms with Gasteiger partial charge in [-0.3, -0.25) is 9.59 Å². The summed E-state index contributed by atoms with van der Waals surface area (Å²) < 4.78 is 10.6. The van der Waals surface area contributed by atoms with Crippen LogP contribution in [0, 0.1) is 6.92 Å². The van der Waals surface area contributed by atoms with Gasteiger partial charge < -0.3 is 14.5 Å². The van der Waals surface area contributed by atoms with E-state index < -0.39 is 24.5 Å². The van der Waals surface area contributed by atoms with Crippen LogP contribution in [0.5, 0.6) is 0 Å². The van der Waals surface area contributed by atoms with Crippen molar-refractivity contribution < 1.29 is 23.5 Å². The second kappa shape index (κ2) is 9.65. The molecule has 0 aliphatic heterocycles. The molecule has 2 aromatic carbocycles. The third-order valence-electron chi connectivity index (χ3n) is 4.45. The van der Waals surface area contributed by atoms with Crippen LogP contribution >= 0.6 is 0 Å². The molecule has 0 bridgehead atoms. The van der Waals surface area contributed by atoms with Crippen LogP contribution in [-0.2, 0) is 20.7 Å². The van der Waals surface area contributed by atoms with Gasteiger partial charge in [-0.1, -0.05) is 48.5 Å². The summed E-state index contributed by atoms with van der Waals surface area (Å²) in [5, 5.41) is 2.61. The van der Waals surface area contributed by atoms with Gasteiger partial charge in [-0.25, -0.2) is 9.78 Å². The summed E-state index contributed by atoms with van der Waals surface area (Å²) in [4.78, 5) is 40.6. The van der Waals surface area contributed by atoms with Gasteiger partial charge in [-0.2, -0.15) is 0 Å². The van der Waals surface area contributed by atoms with Crippen LogP contribution in [0.25, 0.3) is 11.5 Å². The average Bonchev–Trinajstić information content (AvgIpc) is 3.14. The molecule has 1 heterocycles. The van der Waals surface area contributed by atoms with Crippen molar-refractivity contribution in [3.05, 3.63) is 77.7 Å². The maximum Gasteiger partial charge on any atom is 0.361 e. The van der Waals surface area contributed by atoms with E-state index in [1.54, 1.807) is 6.92 Å². The zero-order valence-corrected chi connectivity index (χ0v) is 16.8. The molecule has 1 aromatic heterocycles. The fourth-order valence-corrected chi connectivity index (χ4v) is 2.87. The van der Waals surface area contributed by atoms with E-state index in [-0.39, 0.29) is 11.5 Å². The Labute approximate surface area is 174 Å². The summed E-state index contributed by atoms with van der Waals surface area (Å²) in [7, 11) is 0. The number of aromatic nitrogens is 1. The first-order valence-electron chi connectivity index (χ1n) is 9.47. The largest absolute Gasteiger partial charge is 0.451 e. The molecule has 1 atom stereocenters. The Balaban J connectivity index is 1.58. The number of hydrogen-bond acceptors (Lipinski definition) is 6. The first-order valence-corrected chi connectivity index (χ1v) is 9.47. The van der Waals surface area contributed by atoms with Gasteiger partial charge in [-0.15, -0.1) is 0 Å². The minimum Gasteiger partial charge on any atom is -0.451 e. The number of Topliss-reactive ketones (excluding diaryl/α,β-unsaturated/α-hetero) is 1. The second-order valence-corrected chi connectivity index (χ2v) is 6.79. The predicted octanol–water partition coefficient (Wildman–Crippen LogP) is 3.12. The monoisotopic (exact) mass is 406 g/mol. The van der Waals surface area contributed by atoms with Gasteiger partial charge in [0.25, 0.3) is 5.91 Å². The van der Waals surface area contributed by atoms with Crippen LogP contribution < -0.4 is 5.32 Å². The third-order valence-corrected chi connectivity index (χ3v) is 4.45. The molecule has 7 nitrogen and oxygen atoms in total. The number of oxazole rings is 1. The fourth-order valence-electron chi connectivity index (χ4n) is 2.87. The number of ether oxygens (including phenoxy) is 1. The van der Waals surface area contributed by atoms with E-state index in [9.17, 15) is 14.4 Å². The molecule has 0 spiro atoms. The summed E-state index contributed by atoms with van der Waals surface area (Å²) in [5.41, 5.74) is 1.65. The number of nitrogens with zero attached hydrogens (tertiary/aromatic N) is 1. The molecule has 30 heavy (non-hydrogen) atoms. The summed E-state index contributed by atoms with van der Waals surface area (Å²) in [6.45, 7) is 2.48. The second-order valence-electron chi connectivity index (χ2n) is 6.79. The van der Waals surface area contributed by atoms with Crippen molar-refractivity contribution >= 4 is 17.7 Å². The van der Waals surface area contributed by atoms with E-state index in [1.807, 2.05) is 60.7 Å². The van der Waals surface area contributed by atoms with Crippen LogP contribution in [0.1, 0.15) is 28.7 Å². The molecule has 3 rings (SSSR count). The quantitative estimate of drug-likeness (QED) is 0.577. The lowest BCUT2D eigenvalue weighted by atomic mass is 10.0. The molecule has 0 aliphatic rings. The molecular weight excluding hydrogens is 384 g/mol. The molecule has 0 saturated carbocycles. The molecule has 0 radical (unpaired) electrons. The maximum absolute atomic E-state index is 12.3. The molecule has 0 aliphatic carbocycles. The average molecular weight is 406 g/mol. The number of aryl methyl sites for hydroxylation is 1. The smallest absolute Gasteiger partial charge is 0.361 e. The maximum atomic E-state index is 12.3. The minimum atomic E-state index is -0.768. The Hall–Kier alpha value is -3.74. The van der Waals surface area contributed by atoms with E-state index >= 15 is 0 Å². The lowest BCUT2D eigenvalue weighted by molar-refractivity contribution is -0.128. The Kier molecular flexibility index (Phi) is 6.75. The highest BCUT2D eigenvalue weighted by molar-refractivity contribution is 5.92. The number of esters is 1. The van der Waals surface area contributed by atoms with Crippen LogP contribution in [-0.4, -0.2) is 35.3 Å². The van der Waals surface area contributed by atoms with E-state index in [2.05, 4.69) is 10.3 Å². The standard InChI is InChI=1S/C23H22N2O5/c1-15(26)19(13-17-9-5-3-6-10-17)24-20(27)14-29-23(28)21-16(2)30-22(25-21)18-11-7-4-8-12-18/h3-12,19H,13-14H2,1-2H3,(H,24,27)/t19-/m0/s1. The molecule has 0 saturated heterocycles. The Morgan fingerprint density at radius 2 is 1.67 bits per heavy atom. The highest BCUT2D eigenvalue weighted by Gasteiger charge is 2.22. The van der Waals surface area contributed by atoms with Gasteiger partial charge in [0.05, 0.1) is 6.04 Å². The topological polar surface area (TPSA) is 98.5 Å². The number of rotatable bonds is 8. The van der Waals surface area contributed by atoms with Crippen molar-refractivity contribution in [2.24, 2.45) is 0 Å². The summed E-state index contributed by atoms with van der Waals surface area (Å²) in [5.74, 6) is -0.924. The van der Waals surface area contributed by atoms with Crippen molar-refractivity contribution in [2.75, 3.05) is 6.61 Å². The first kappa shape index (κ1) is 21.0. The summed E-state index contributed by atoms with van der Waals surface area (Å²) in [6, 6.07) is 17.8. The van der Waals surface area contributed by atoms with Gasteiger partial charge in [-0.05, 0) is 38.0 Å². The number of hydrogen-bond donors (Lipinski definition) is 1. The van der Waals surface area contributed by atoms with Gasteiger partial charge >= 0.3 is 5.97 Å². The number of carbonyl (C=O) groups excluding carboxylic acids is 3.